The van der Waals surface area contributed by atoms with E-state index in [1.54, 1.807) is 0 Å². The van der Waals surface area contributed by atoms with Crippen molar-refractivity contribution in [2.75, 3.05) is 23.7 Å². The molecule has 76 valence electrons. The molecule has 0 unspecified atom stereocenters. The van der Waals surface area contributed by atoms with Crippen LogP contribution in [0.2, 0.25) is 0 Å². The van der Waals surface area contributed by atoms with Crippen LogP contribution < -0.4 is 10.6 Å². The minimum absolute atomic E-state index is 0.914. The van der Waals surface area contributed by atoms with Crippen molar-refractivity contribution in [1.82, 2.24) is 0 Å². The molecule has 2 nitrogen and oxygen atoms in total. The number of nitrogens with two attached hydrogens (primary N) is 1. The summed E-state index contributed by atoms with van der Waals surface area (Å²) in [6, 6.07) is 4.13. The lowest BCUT2D eigenvalue weighted by Gasteiger charge is -2.23. The van der Waals surface area contributed by atoms with Gasteiger partial charge in [-0.05, 0) is 43.9 Å². The Kier molecular flexibility index (Phi) is 2.36. The summed E-state index contributed by atoms with van der Waals surface area (Å²) in [6.07, 6.45) is 2.63. The zero-order valence-corrected chi connectivity index (χ0v) is 9.01. The third-order valence-electron chi connectivity index (χ3n) is 3.10. The van der Waals surface area contributed by atoms with Gasteiger partial charge in [0.15, 0.2) is 0 Å². The van der Waals surface area contributed by atoms with Gasteiger partial charge in [0.25, 0.3) is 0 Å². The van der Waals surface area contributed by atoms with Crippen molar-refractivity contribution in [2.24, 2.45) is 0 Å². The van der Waals surface area contributed by atoms with Crippen LogP contribution in [0.25, 0.3) is 0 Å². The van der Waals surface area contributed by atoms with Crippen molar-refractivity contribution in [3.63, 3.8) is 0 Å². The minimum Gasteiger partial charge on any atom is -0.398 e. The van der Waals surface area contributed by atoms with Gasteiger partial charge >= 0.3 is 0 Å². The van der Waals surface area contributed by atoms with Crippen LogP contribution in [0.5, 0.6) is 0 Å². The van der Waals surface area contributed by atoms with E-state index in [2.05, 4.69) is 24.8 Å². The molecule has 0 atom stereocenters. The van der Waals surface area contributed by atoms with Crippen LogP contribution in [0.4, 0.5) is 11.4 Å². The summed E-state index contributed by atoms with van der Waals surface area (Å²) >= 11 is 0. The fraction of sp³-hybridized carbons (Fsp3) is 0.500. The fourth-order valence-corrected chi connectivity index (χ4v) is 2.28. The van der Waals surface area contributed by atoms with Crippen molar-refractivity contribution < 1.29 is 0 Å². The first-order valence-corrected chi connectivity index (χ1v) is 5.31. The van der Waals surface area contributed by atoms with E-state index in [0.29, 0.717) is 0 Å². The third kappa shape index (κ3) is 1.45. The summed E-state index contributed by atoms with van der Waals surface area (Å²) in [6.45, 7) is 6.66. The zero-order chi connectivity index (χ0) is 10.1. The van der Waals surface area contributed by atoms with Gasteiger partial charge in [-0.25, -0.2) is 0 Å². The Hall–Kier alpha value is -1.18. The van der Waals surface area contributed by atoms with Gasteiger partial charge < -0.3 is 10.6 Å². The van der Waals surface area contributed by atoms with Crippen molar-refractivity contribution in [3.05, 3.63) is 23.3 Å². The van der Waals surface area contributed by atoms with Gasteiger partial charge in [-0.1, -0.05) is 6.07 Å². The van der Waals surface area contributed by atoms with E-state index in [0.717, 1.165) is 5.69 Å². The van der Waals surface area contributed by atoms with Crippen LogP contribution in [0.15, 0.2) is 12.1 Å². The van der Waals surface area contributed by atoms with E-state index in [1.165, 1.54) is 42.7 Å². The minimum atomic E-state index is 0.914. The van der Waals surface area contributed by atoms with Crippen LogP contribution in [-0.4, -0.2) is 13.1 Å². The fourth-order valence-electron chi connectivity index (χ4n) is 2.28. The third-order valence-corrected chi connectivity index (χ3v) is 3.10. The molecule has 1 aromatic rings. The van der Waals surface area contributed by atoms with E-state index < -0.39 is 0 Å². The molecule has 1 fully saturated rings. The topological polar surface area (TPSA) is 29.3 Å². The van der Waals surface area contributed by atoms with Crippen LogP contribution >= 0.6 is 0 Å². The highest BCUT2D eigenvalue weighted by Crippen LogP contribution is 2.31. The second-order valence-corrected chi connectivity index (χ2v) is 4.14. The van der Waals surface area contributed by atoms with E-state index in [-0.39, 0.29) is 0 Å². The first-order chi connectivity index (χ1) is 6.70. The number of hydrogen-bond acceptors (Lipinski definition) is 2. The highest BCUT2D eigenvalue weighted by Gasteiger charge is 2.17. The average Bonchev–Trinajstić information content (AvgIpc) is 2.65. The summed E-state index contributed by atoms with van der Waals surface area (Å²) < 4.78 is 0. The molecule has 2 heteroatoms. The molecule has 2 N–H and O–H groups in total. The monoisotopic (exact) mass is 190 g/mol. The summed E-state index contributed by atoms with van der Waals surface area (Å²) in [4.78, 5) is 2.46. The number of nitrogens with zero attached hydrogens (tertiary/aromatic N) is 1. The second kappa shape index (κ2) is 3.52. The van der Waals surface area contributed by atoms with Crippen molar-refractivity contribution in [1.29, 1.82) is 0 Å². The Bertz CT molecular complexity index is 338. The van der Waals surface area contributed by atoms with Gasteiger partial charge in [0.05, 0.1) is 0 Å². The smallest absolute Gasteiger partial charge is 0.0446 e. The van der Waals surface area contributed by atoms with Crippen LogP contribution in [-0.2, 0) is 0 Å². The van der Waals surface area contributed by atoms with E-state index in [9.17, 15) is 0 Å². The normalized spacial score (nSPS) is 16.3. The molecule has 1 heterocycles. The van der Waals surface area contributed by atoms with Gasteiger partial charge in [0.2, 0.25) is 0 Å². The molecule has 0 bridgehead atoms. The lowest BCUT2D eigenvalue weighted by Crippen LogP contribution is -2.20. The molecule has 0 aromatic heterocycles. The molecule has 14 heavy (non-hydrogen) atoms. The molecule has 0 spiro atoms. The van der Waals surface area contributed by atoms with Gasteiger partial charge in [0, 0.05) is 24.5 Å². The van der Waals surface area contributed by atoms with Crippen molar-refractivity contribution >= 4 is 11.4 Å². The summed E-state index contributed by atoms with van der Waals surface area (Å²) in [7, 11) is 0. The van der Waals surface area contributed by atoms with Crippen molar-refractivity contribution in [2.45, 2.75) is 26.7 Å². The molecule has 1 aliphatic heterocycles. The summed E-state index contributed by atoms with van der Waals surface area (Å²) in [5.74, 6) is 0. The maximum atomic E-state index is 5.93. The van der Waals surface area contributed by atoms with E-state index in [4.69, 9.17) is 5.73 Å². The van der Waals surface area contributed by atoms with Gasteiger partial charge in [-0.3, -0.25) is 0 Å². The molecular weight excluding hydrogens is 172 g/mol. The Morgan fingerprint density at radius 2 is 1.79 bits per heavy atom. The highest BCUT2D eigenvalue weighted by atomic mass is 15.1. The van der Waals surface area contributed by atoms with Crippen molar-refractivity contribution in [3.8, 4) is 0 Å². The molecule has 0 amide bonds. The number of aryl methyl sites for hydroxylation is 1. The molecule has 1 saturated heterocycles. The molecule has 0 saturated carbocycles. The molecule has 1 aliphatic rings. The lowest BCUT2D eigenvalue weighted by molar-refractivity contribution is 0.949. The van der Waals surface area contributed by atoms with Gasteiger partial charge in [-0.2, -0.15) is 0 Å². The largest absolute Gasteiger partial charge is 0.398 e. The van der Waals surface area contributed by atoms with Crippen LogP contribution in [0.3, 0.4) is 0 Å². The Labute approximate surface area is 85.7 Å². The standard InChI is InChI=1S/C12H18N2/c1-9-5-6-11(13)10(2)12(9)14-7-3-4-8-14/h5-6H,3-4,7-8,13H2,1-2H3. The second-order valence-electron chi connectivity index (χ2n) is 4.14. The molecule has 0 aliphatic carbocycles. The zero-order valence-electron chi connectivity index (χ0n) is 9.01. The Morgan fingerprint density at radius 1 is 1.14 bits per heavy atom. The van der Waals surface area contributed by atoms with Crippen LogP contribution in [0.1, 0.15) is 24.0 Å². The number of nitrogen functional groups attached to an aromatic ring is 1. The lowest BCUT2D eigenvalue weighted by atomic mass is 10.1. The van der Waals surface area contributed by atoms with E-state index in [1.807, 2.05) is 6.07 Å². The average molecular weight is 190 g/mol. The number of hydrogen-bond donors (Lipinski definition) is 1. The summed E-state index contributed by atoms with van der Waals surface area (Å²) in [5, 5.41) is 0. The Morgan fingerprint density at radius 3 is 2.43 bits per heavy atom. The van der Waals surface area contributed by atoms with E-state index >= 15 is 0 Å². The first-order valence-electron chi connectivity index (χ1n) is 5.31. The molecular formula is C12H18N2. The van der Waals surface area contributed by atoms with Crippen LogP contribution in [0, 0.1) is 13.8 Å². The summed E-state index contributed by atoms with van der Waals surface area (Å²) in [5.41, 5.74) is 10.8. The maximum Gasteiger partial charge on any atom is 0.0446 e. The predicted octanol–water partition coefficient (Wildman–Crippen LogP) is 2.49. The number of benzene rings is 1. The highest BCUT2D eigenvalue weighted by molar-refractivity contribution is 5.68. The SMILES string of the molecule is Cc1ccc(N)c(C)c1N1CCCC1. The van der Waals surface area contributed by atoms with Gasteiger partial charge in [0.1, 0.15) is 0 Å². The molecule has 1 aromatic carbocycles. The number of anilines is 2. The maximum absolute atomic E-state index is 5.93. The molecule has 2 rings (SSSR count). The predicted molar refractivity (Wildman–Crippen MR) is 61.8 cm³/mol. The first kappa shape index (κ1) is 9.38. The Balaban J connectivity index is 2.44. The molecule has 0 radical (unpaired) electrons. The number of rotatable bonds is 1. The van der Waals surface area contributed by atoms with Gasteiger partial charge in [-0.15, -0.1) is 0 Å². The quantitative estimate of drug-likeness (QED) is 0.689.